The van der Waals surface area contributed by atoms with Crippen LogP contribution in [-0.2, 0) is 0 Å². The minimum absolute atomic E-state index is 0.0812. The summed E-state index contributed by atoms with van der Waals surface area (Å²) in [6.07, 6.45) is 1.18. The van der Waals surface area contributed by atoms with Gasteiger partial charge in [-0.1, -0.05) is 0 Å². The van der Waals surface area contributed by atoms with E-state index in [4.69, 9.17) is 5.73 Å². The van der Waals surface area contributed by atoms with E-state index >= 15 is 0 Å². The fraction of sp³-hybridized carbons (Fsp3) is 0.533. The van der Waals surface area contributed by atoms with Gasteiger partial charge in [-0.15, -0.1) is 0 Å². The number of carbonyl (C=O) groups excluding carboxylic acids is 1. The predicted octanol–water partition coefficient (Wildman–Crippen LogP) is 1.60. The molecule has 0 saturated carbocycles. The van der Waals surface area contributed by atoms with Crippen LogP contribution in [0.15, 0.2) is 18.2 Å². The van der Waals surface area contributed by atoms with Crippen LogP contribution in [0.2, 0.25) is 0 Å². The van der Waals surface area contributed by atoms with Crippen LogP contribution in [0.5, 0.6) is 0 Å². The summed E-state index contributed by atoms with van der Waals surface area (Å²) in [5.41, 5.74) is 8.20. The van der Waals surface area contributed by atoms with E-state index in [2.05, 4.69) is 11.9 Å². The molecule has 1 aliphatic heterocycles. The van der Waals surface area contributed by atoms with Crippen LogP contribution in [0.3, 0.4) is 0 Å². The Morgan fingerprint density at radius 1 is 1.53 bits per heavy atom. The first-order chi connectivity index (χ1) is 8.97. The van der Waals surface area contributed by atoms with Crippen molar-refractivity contribution in [1.29, 1.82) is 0 Å². The monoisotopic (exact) mass is 261 g/mol. The lowest BCUT2D eigenvalue weighted by Crippen LogP contribution is -2.32. The number of nitrogens with zero attached hydrogens (tertiary/aromatic N) is 2. The molecule has 4 nitrogen and oxygen atoms in total. The van der Waals surface area contributed by atoms with E-state index in [0.717, 1.165) is 36.4 Å². The maximum absolute atomic E-state index is 12.3. The number of nitrogen functional groups attached to an aromatic ring is 1. The number of amides is 1. The minimum atomic E-state index is 0.0812. The molecule has 0 aliphatic carbocycles. The van der Waals surface area contributed by atoms with Crippen molar-refractivity contribution < 1.29 is 4.79 Å². The Hall–Kier alpha value is -1.55. The highest BCUT2D eigenvalue weighted by atomic mass is 16.2. The largest absolute Gasteiger partial charge is 0.399 e. The van der Waals surface area contributed by atoms with Crippen molar-refractivity contribution >= 4 is 11.6 Å². The highest BCUT2D eigenvalue weighted by Gasteiger charge is 2.23. The highest BCUT2D eigenvalue weighted by Crippen LogP contribution is 2.18. The molecule has 1 atom stereocenters. The van der Waals surface area contributed by atoms with Gasteiger partial charge in [-0.05, 0) is 56.6 Å². The third kappa shape index (κ3) is 3.26. The molecule has 1 heterocycles. The molecule has 2 N–H and O–H groups in total. The summed E-state index contributed by atoms with van der Waals surface area (Å²) >= 11 is 0. The number of benzene rings is 1. The summed E-state index contributed by atoms with van der Waals surface area (Å²) in [5, 5.41) is 0. The third-order valence-electron chi connectivity index (χ3n) is 3.88. The van der Waals surface area contributed by atoms with Crippen LogP contribution in [0.4, 0.5) is 5.69 Å². The van der Waals surface area contributed by atoms with Crippen molar-refractivity contribution in [2.24, 2.45) is 5.92 Å². The molecule has 0 radical (unpaired) electrons. The molecular weight excluding hydrogens is 238 g/mol. The molecule has 1 amide bonds. The number of rotatable bonds is 3. The Balaban J connectivity index is 2.00. The zero-order valence-corrected chi connectivity index (χ0v) is 12.0. The molecule has 0 bridgehead atoms. The van der Waals surface area contributed by atoms with Gasteiger partial charge < -0.3 is 15.5 Å². The lowest BCUT2D eigenvalue weighted by molar-refractivity contribution is 0.0774. The minimum Gasteiger partial charge on any atom is -0.399 e. The van der Waals surface area contributed by atoms with Crippen LogP contribution >= 0.6 is 0 Å². The van der Waals surface area contributed by atoms with E-state index in [9.17, 15) is 4.79 Å². The number of likely N-dealkylation sites (tertiary alicyclic amines) is 1. The third-order valence-corrected chi connectivity index (χ3v) is 3.88. The normalized spacial score (nSPS) is 19.6. The molecule has 1 unspecified atom stereocenters. The summed E-state index contributed by atoms with van der Waals surface area (Å²) in [6.45, 7) is 4.97. The second-order valence-corrected chi connectivity index (χ2v) is 5.67. The number of aryl methyl sites for hydroxylation is 1. The smallest absolute Gasteiger partial charge is 0.253 e. The van der Waals surface area contributed by atoms with Gasteiger partial charge in [0.05, 0.1) is 0 Å². The zero-order chi connectivity index (χ0) is 14.0. The fourth-order valence-electron chi connectivity index (χ4n) is 2.67. The quantitative estimate of drug-likeness (QED) is 0.841. The summed E-state index contributed by atoms with van der Waals surface area (Å²) in [5.74, 6) is 0.673. The van der Waals surface area contributed by atoms with E-state index in [1.807, 2.05) is 31.0 Å². The number of nitrogens with two attached hydrogens (primary N) is 1. The maximum Gasteiger partial charge on any atom is 0.253 e. The topological polar surface area (TPSA) is 49.6 Å². The van der Waals surface area contributed by atoms with Gasteiger partial charge in [0.2, 0.25) is 0 Å². The van der Waals surface area contributed by atoms with Crippen LogP contribution in [0.25, 0.3) is 0 Å². The van der Waals surface area contributed by atoms with Crippen LogP contribution in [-0.4, -0.2) is 49.4 Å². The van der Waals surface area contributed by atoms with Crippen molar-refractivity contribution in [2.45, 2.75) is 13.3 Å². The number of hydrogen-bond donors (Lipinski definition) is 1. The molecule has 1 aromatic rings. The molecule has 4 heteroatoms. The van der Waals surface area contributed by atoms with Gasteiger partial charge in [0, 0.05) is 31.4 Å². The van der Waals surface area contributed by atoms with Gasteiger partial charge >= 0.3 is 0 Å². The van der Waals surface area contributed by atoms with Gasteiger partial charge in [0.1, 0.15) is 0 Å². The molecule has 2 rings (SSSR count). The van der Waals surface area contributed by atoms with Gasteiger partial charge in [0.15, 0.2) is 0 Å². The van der Waals surface area contributed by atoms with Crippen molar-refractivity contribution in [2.75, 3.05) is 39.5 Å². The highest BCUT2D eigenvalue weighted by molar-refractivity contribution is 5.94. The zero-order valence-electron chi connectivity index (χ0n) is 12.0. The number of anilines is 1. The van der Waals surface area contributed by atoms with Crippen LogP contribution in [0.1, 0.15) is 22.3 Å². The molecule has 104 valence electrons. The average Bonchev–Trinajstić information content (AvgIpc) is 2.77. The second kappa shape index (κ2) is 5.61. The van der Waals surface area contributed by atoms with E-state index in [1.54, 1.807) is 6.07 Å². The van der Waals surface area contributed by atoms with Crippen molar-refractivity contribution in [1.82, 2.24) is 9.80 Å². The molecule has 0 spiro atoms. The Morgan fingerprint density at radius 3 is 2.84 bits per heavy atom. The van der Waals surface area contributed by atoms with Gasteiger partial charge in [-0.25, -0.2) is 0 Å². The van der Waals surface area contributed by atoms with E-state index in [0.29, 0.717) is 5.92 Å². The maximum atomic E-state index is 12.3. The molecule has 1 saturated heterocycles. The van der Waals surface area contributed by atoms with Gasteiger partial charge in [-0.3, -0.25) is 4.79 Å². The lowest BCUT2D eigenvalue weighted by atomic mass is 10.1. The Bertz CT molecular complexity index is 472. The first-order valence-electron chi connectivity index (χ1n) is 6.77. The fourth-order valence-corrected chi connectivity index (χ4v) is 2.67. The standard InChI is InChI=1S/C15H23N3O/c1-11-8-13(4-5-14(11)16)15(19)18(3)10-12-6-7-17(2)9-12/h4-5,8,12H,6-7,9-10,16H2,1-3H3. The summed E-state index contributed by atoms with van der Waals surface area (Å²) in [4.78, 5) is 16.5. The van der Waals surface area contributed by atoms with E-state index in [1.165, 1.54) is 6.42 Å². The number of hydrogen-bond acceptors (Lipinski definition) is 3. The van der Waals surface area contributed by atoms with Gasteiger partial charge in [0.25, 0.3) is 5.91 Å². The summed E-state index contributed by atoms with van der Waals surface area (Å²) < 4.78 is 0. The second-order valence-electron chi connectivity index (χ2n) is 5.67. The first-order valence-corrected chi connectivity index (χ1v) is 6.77. The number of carbonyl (C=O) groups is 1. The Morgan fingerprint density at radius 2 is 2.26 bits per heavy atom. The summed E-state index contributed by atoms with van der Waals surface area (Å²) in [7, 11) is 4.01. The van der Waals surface area contributed by atoms with Crippen LogP contribution in [0, 0.1) is 12.8 Å². The Kier molecular flexibility index (Phi) is 4.10. The summed E-state index contributed by atoms with van der Waals surface area (Å²) in [6, 6.07) is 5.48. The molecular formula is C15H23N3O. The lowest BCUT2D eigenvalue weighted by Gasteiger charge is -2.21. The first kappa shape index (κ1) is 13.9. The predicted molar refractivity (Wildman–Crippen MR) is 78.2 cm³/mol. The van der Waals surface area contributed by atoms with Crippen molar-refractivity contribution in [3.05, 3.63) is 29.3 Å². The molecule has 1 aromatic carbocycles. The van der Waals surface area contributed by atoms with Crippen molar-refractivity contribution in [3.8, 4) is 0 Å². The Labute approximate surface area is 115 Å². The van der Waals surface area contributed by atoms with Crippen LogP contribution < -0.4 is 5.73 Å². The molecule has 19 heavy (non-hydrogen) atoms. The SMILES string of the molecule is Cc1cc(C(=O)N(C)CC2CCN(C)C2)ccc1N. The van der Waals surface area contributed by atoms with Crippen molar-refractivity contribution in [3.63, 3.8) is 0 Å². The average molecular weight is 261 g/mol. The van der Waals surface area contributed by atoms with Gasteiger partial charge in [-0.2, -0.15) is 0 Å². The van der Waals surface area contributed by atoms with E-state index < -0.39 is 0 Å². The molecule has 1 aliphatic rings. The van der Waals surface area contributed by atoms with E-state index in [-0.39, 0.29) is 5.91 Å². The molecule has 0 aromatic heterocycles. The molecule has 1 fully saturated rings.